The van der Waals surface area contributed by atoms with Crippen LogP contribution < -0.4 is 0 Å². The van der Waals surface area contributed by atoms with Crippen molar-refractivity contribution in [2.45, 2.75) is 37.3 Å². The zero-order valence-corrected chi connectivity index (χ0v) is 15.4. The lowest BCUT2D eigenvalue weighted by atomic mass is 9.85. The molecule has 26 heavy (non-hydrogen) atoms. The van der Waals surface area contributed by atoms with Crippen LogP contribution in [0.2, 0.25) is 0 Å². The average Bonchev–Trinajstić information content (AvgIpc) is 3.10. The van der Waals surface area contributed by atoms with E-state index in [2.05, 4.69) is 41.4 Å². The van der Waals surface area contributed by atoms with Crippen molar-refractivity contribution in [3.8, 4) is 0 Å². The Morgan fingerprint density at radius 1 is 0.962 bits per heavy atom. The van der Waals surface area contributed by atoms with Crippen LogP contribution in [0, 0.1) is 0 Å². The number of hydrogen-bond acceptors (Lipinski definition) is 3. The summed E-state index contributed by atoms with van der Waals surface area (Å²) >= 11 is 1.23. The molecule has 132 valence electrons. The number of amides is 1. The third kappa shape index (κ3) is 2.80. The number of nitrogens with one attached hydrogen (secondary N) is 1. The first-order valence-electron chi connectivity index (χ1n) is 9.32. The van der Waals surface area contributed by atoms with Crippen LogP contribution in [0.25, 0.3) is 11.0 Å². The van der Waals surface area contributed by atoms with E-state index in [4.69, 9.17) is 4.98 Å². The Kier molecular flexibility index (Phi) is 3.97. The van der Waals surface area contributed by atoms with Crippen molar-refractivity contribution in [3.63, 3.8) is 0 Å². The summed E-state index contributed by atoms with van der Waals surface area (Å²) in [6.07, 6.45) is 5.33. The summed E-state index contributed by atoms with van der Waals surface area (Å²) in [5.41, 5.74) is 7.48. The van der Waals surface area contributed by atoms with Gasteiger partial charge in [0, 0.05) is 31.3 Å². The second-order valence-electron chi connectivity index (χ2n) is 7.18. The van der Waals surface area contributed by atoms with Crippen LogP contribution in [0.4, 0.5) is 4.79 Å². The molecule has 1 aromatic heterocycles. The molecule has 0 atom stereocenters. The van der Waals surface area contributed by atoms with Crippen molar-refractivity contribution in [1.82, 2.24) is 14.9 Å². The molecule has 0 bridgehead atoms. The minimum atomic E-state index is 0.114. The van der Waals surface area contributed by atoms with Crippen LogP contribution in [0.5, 0.6) is 0 Å². The number of imidazole rings is 1. The molecule has 1 saturated heterocycles. The number of carbonyl (C=O) groups excluding carboxylic acids is 1. The number of rotatable bonds is 1. The highest BCUT2D eigenvalue weighted by Gasteiger charge is 2.22. The van der Waals surface area contributed by atoms with Gasteiger partial charge in [-0.15, -0.1) is 0 Å². The maximum atomic E-state index is 12.5. The normalized spacial score (nSPS) is 16.4. The second kappa shape index (κ2) is 6.47. The van der Waals surface area contributed by atoms with Gasteiger partial charge in [0.25, 0.3) is 5.24 Å². The molecule has 0 spiro atoms. The largest absolute Gasteiger partial charge is 0.333 e. The van der Waals surface area contributed by atoms with E-state index in [-0.39, 0.29) is 5.24 Å². The molecule has 5 rings (SSSR count). The lowest BCUT2D eigenvalue weighted by Crippen LogP contribution is -2.32. The average molecular weight is 363 g/mol. The lowest BCUT2D eigenvalue weighted by Gasteiger charge is -2.25. The van der Waals surface area contributed by atoms with E-state index in [1.165, 1.54) is 40.4 Å². The Hall–Kier alpha value is -2.27. The van der Waals surface area contributed by atoms with E-state index in [1.54, 1.807) is 0 Å². The molecule has 0 radical (unpaired) electrons. The molecule has 1 amide bonds. The van der Waals surface area contributed by atoms with Crippen LogP contribution in [-0.2, 0) is 12.8 Å². The Morgan fingerprint density at radius 3 is 2.54 bits per heavy atom. The molecular formula is C21H21N3OS. The molecule has 4 nitrogen and oxygen atoms in total. The van der Waals surface area contributed by atoms with E-state index in [9.17, 15) is 4.79 Å². The Morgan fingerprint density at radius 2 is 1.73 bits per heavy atom. The van der Waals surface area contributed by atoms with Gasteiger partial charge >= 0.3 is 0 Å². The summed E-state index contributed by atoms with van der Waals surface area (Å²) in [6.45, 7) is 1.75. The molecule has 0 saturated carbocycles. The first-order chi connectivity index (χ1) is 12.8. The quantitative estimate of drug-likeness (QED) is 0.496. The van der Waals surface area contributed by atoms with Crippen LogP contribution in [-0.4, -0.2) is 33.2 Å². The predicted octanol–water partition coefficient (Wildman–Crippen LogP) is 4.76. The van der Waals surface area contributed by atoms with Gasteiger partial charge in [-0.3, -0.25) is 4.79 Å². The van der Waals surface area contributed by atoms with Crippen LogP contribution in [0.3, 0.4) is 0 Å². The standard InChI is InChI=1S/C21H21N3OS/c25-21(24-10-4-1-5-11-24)26-20-22-18-9-8-16-12-14-6-2-3-7-15(14)13-17(16)19(18)23-20/h2-3,6-9H,1,4-5,10-13H2,(H,22,23). The predicted molar refractivity (Wildman–Crippen MR) is 105 cm³/mol. The van der Waals surface area contributed by atoms with Gasteiger partial charge in [-0.2, -0.15) is 0 Å². The van der Waals surface area contributed by atoms with E-state index in [0.29, 0.717) is 5.16 Å². The summed E-state index contributed by atoms with van der Waals surface area (Å²) < 4.78 is 0. The highest BCUT2D eigenvalue weighted by molar-refractivity contribution is 8.13. The number of aromatic nitrogens is 2. The van der Waals surface area contributed by atoms with Gasteiger partial charge in [0.05, 0.1) is 11.0 Å². The van der Waals surface area contributed by atoms with Gasteiger partial charge in [0.2, 0.25) is 0 Å². The number of fused-ring (bicyclic) bond motifs is 4. The van der Waals surface area contributed by atoms with Gasteiger partial charge in [-0.25, -0.2) is 4.98 Å². The first kappa shape index (κ1) is 15.9. The summed E-state index contributed by atoms with van der Waals surface area (Å²) in [6, 6.07) is 12.9. The monoisotopic (exact) mass is 363 g/mol. The number of benzene rings is 2. The van der Waals surface area contributed by atoms with Gasteiger partial charge < -0.3 is 9.88 Å². The van der Waals surface area contributed by atoms with E-state index in [1.807, 2.05) is 4.90 Å². The SMILES string of the molecule is O=C(Sc1nc2c3c(ccc2[nH]1)Cc1ccccc1C3)N1CCCCC1. The Balaban J connectivity index is 1.45. The fraction of sp³-hybridized carbons (Fsp3) is 0.333. The molecule has 1 fully saturated rings. The van der Waals surface area contributed by atoms with Crippen molar-refractivity contribution in [1.29, 1.82) is 0 Å². The maximum Gasteiger partial charge on any atom is 0.289 e. The van der Waals surface area contributed by atoms with Crippen molar-refractivity contribution in [3.05, 3.63) is 58.7 Å². The highest BCUT2D eigenvalue weighted by Crippen LogP contribution is 2.33. The maximum absolute atomic E-state index is 12.5. The zero-order chi connectivity index (χ0) is 17.5. The zero-order valence-electron chi connectivity index (χ0n) is 14.6. The fourth-order valence-corrected chi connectivity index (χ4v) is 4.86. The summed E-state index contributed by atoms with van der Waals surface area (Å²) in [5.74, 6) is 0. The van der Waals surface area contributed by atoms with E-state index < -0.39 is 0 Å². The van der Waals surface area contributed by atoms with Crippen LogP contribution >= 0.6 is 11.8 Å². The van der Waals surface area contributed by atoms with Gasteiger partial charge in [-0.05, 0) is 54.0 Å². The topological polar surface area (TPSA) is 49.0 Å². The molecule has 1 aliphatic carbocycles. The van der Waals surface area contributed by atoms with Crippen molar-refractivity contribution in [2.75, 3.05) is 13.1 Å². The lowest BCUT2D eigenvalue weighted by molar-refractivity contribution is 0.211. The number of piperidine rings is 1. The van der Waals surface area contributed by atoms with Crippen LogP contribution in [0.15, 0.2) is 41.6 Å². The fourth-order valence-electron chi connectivity index (χ4n) is 4.08. The van der Waals surface area contributed by atoms with Gasteiger partial charge in [-0.1, -0.05) is 30.3 Å². The third-order valence-electron chi connectivity index (χ3n) is 5.50. The summed E-state index contributed by atoms with van der Waals surface area (Å²) in [5, 5.41) is 0.825. The van der Waals surface area contributed by atoms with E-state index in [0.717, 1.165) is 49.8 Å². The van der Waals surface area contributed by atoms with E-state index >= 15 is 0 Å². The van der Waals surface area contributed by atoms with Crippen molar-refractivity contribution < 1.29 is 4.79 Å². The molecular weight excluding hydrogens is 342 g/mol. The number of hydrogen-bond donors (Lipinski definition) is 1. The Labute approximate surface area is 157 Å². The number of likely N-dealkylation sites (tertiary alicyclic amines) is 1. The molecule has 1 N–H and O–H groups in total. The van der Waals surface area contributed by atoms with Gasteiger partial charge in [0.1, 0.15) is 0 Å². The number of carbonyl (C=O) groups is 1. The Bertz CT molecular complexity index is 988. The molecule has 3 aromatic rings. The number of H-pyrrole nitrogens is 1. The second-order valence-corrected chi connectivity index (χ2v) is 8.12. The molecule has 5 heteroatoms. The van der Waals surface area contributed by atoms with Crippen molar-refractivity contribution >= 4 is 28.0 Å². The summed E-state index contributed by atoms with van der Waals surface area (Å²) in [4.78, 5) is 22.6. The molecule has 0 unspecified atom stereocenters. The third-order valence-corrected chi connectivity index (χ3v) is 6.32. The highest BCUT2D eigenvalue weighted by atomic mass is 32.2. The van der Waals surface area contributed by atoms with Crippen molar-refractivity contribution in [2.24, 2.45) is 0 Å². The number of thioether (sulfide) groups is 1. The van der Waals surface area contributed by atoms with Crippen LogP contribution in [0.1, 0.15) is 41.5 Å². The molecule has 2 aliphatic rings. The molecule has 1 aliphatic heterocycles. The minimum absolute atomic E-state index is 0.114. The molecule has 2 aromatic carbocycles. The van der Waals surface area contributed by atoms with Gasteiger partial charge in [0.15, 0.2) is 5.16 Å². The smallest absolute Gasteiger partial charge is 0.289 e. The summed E-state index contributed by atoms with van der Waals surface area (Å²) in [7, 11) is 0. The number of aromatic amines is 1. The first-order valence-corrected chi connectivity index (χ1v) is 10.1. The number of nitrogens with zero attached hydrogens (tertiary/aromatic N) is 2. The minimum Gasteiger partial charge on any atom is -0.333 e. The molecule has 2 heterocycles.